The minimum Gasteiger partial charge on any atom is -0.465 e. The van der Waals surface area contributed by atoms with E-state index in [9.17, 15) is 13.2 Å². The molecule has 0 N–H and O–H groups in total. The number of carbonyl (C=O) groups is 1. The van der Waals surface area contributed by atoms with Crippen molar-refractivity contribution < 1.29 is 22.1 Å². The van der Waals surface area contributed by atoms with Crippen LogP contribution in [-0.2, 0) is 19.6 Å². The summed E-state index contributed by atoms with van der Waals surface area (Å²) in [6.45, 7) is 2.84. The van der Waals surface area contributed by atoms with Crippen molar-refractivity contribution in [2.75, 3.05) is 6.61 Å². The molecule has 1 aromatic carbocycles. The monoisotopic (exact) mass is 326 g/mol. The molecule has 1 aromatic rings. The van der Waals surface area contributed by atoms with Gasteiger partial charge in [0.2, 0.25) is 0 Å². The van der Waals surface area contributed by atoms with Crippen LogP contribution in [0.3, 0.4) is 0 Å². The second-order valence-electron chi connectivity index (χ2n) is 3.55. The maximum absolute atomic E-state index is 11.8. The Labute approximate surface area is 121 Å². The smallest absolute Gasteiger partial charge is 0.327 e. The molecule has 0 aliphatic carbocycles. The summed E-state index contributed by atoms with van der Waals surface area (Å²) in [5, 5.41) is -1.07. The Balaban J connectivity index is 2.93. The molecular weight excluding hydrogens is 315 g/mol. The summed E-state index contributed by atoms with van der Waals surface area (Å²) >= 11 is 11.5. The molecule has 1 atom stereocenters. The highest BCUT2D eigenvalue weighted by Crippen LogP contribution is 2.29. The van der Waals surface area contributed by atoms with Crippen molar-refractivity contribution in [1.82, 2.24) is 0 Å². The van der Waals surface area contributed by atoms with Crippen molar-refractivity contribution >= 4 is 39.3 Å². The molecule has 0 radical (unpaired) electrons. The fourth-order valence-electron chi connectivity index (χ4n) is 1.12. The topological polar surface area (TPSA) is 69.7 Å². The SMILES string of the molecule is CCOC(=O)[C@@H](C)S(=O)(=O)Oc1ccc(Cl)cc1Cl. The molecule has 0 aromatic heterocycles. The van der Waals surface area contributed by atoms with Crippen molar-refractivity contribution in [3.8, 4) is 5.75 Å². The number of benzene rings is 1. The zero-order valence-corrected chi connectivity index (χ0v) is 12.6. The Hall–Kier alpha value is -0.980. The number of carbonyl (C=O) groups excluding carboxylic acids is 1. The van der Waals surface area contributed by atoms with Crippen molar-refractivity contribution in [3.05, 3.63) is 28.2 Å². The maximum Gasteiger partial charge on any atom is 0.327 e. The molecule has 0 unspecified atom stereocenters. The highest BCUT2D eigenvalue weighted by atomic mass is 35.5. The van der Waals surface area contributed by atoms with Gasteiger partial charge in [0.1, 0.15) is 0 Å². The Morgan fingerprint density at radius 3 is 2.53 bits per heavy atom. The molecular formula is C11H12Cl2O5S. The molecule has 5 nitrogen and oxygen atoms in total. The molecule has 19 heavy (non-hydrogen) atoms. The number of hydrogen-bond donors (Lipinski definition) is 0. The van der Waals surface area contributed by atoms with E-state index in [1.165, 1.54) is 25.1 Å². The van der Waals surface area contributed by atoms with Crippen molar-refractivity contribution in [2.45, 2.75) is 19.1 Å². The fraction of sp³-hybridized carbons (Fsp3) is 0.364. The first-order valence-corrected chi connectivity index (χ1v) is 7.55. The maximum atomic E-state index is 11.8. The number of hydrogen-bond acceptors (Lipinski definition) is 5. The standard InChI is InChI=1S/C11H12Cl2O5S/c1-3-17-11(14)7(2)19(15,16)18-10-5-4-8(12)6-9(10)13/h4-7H,3H2,1-2H3/t7-/m1/s1. The van der Waals surface area contributed by atoms with Gasteiger partial charge in [0.15, 0.2) is 11.0 Å². The predicted octanol–water partition coefficient (Wildman–Crippen LogP) is 2.65. The third-order valence-corrected chi connectivity index (χ3v) is 4.15. The van der Waals surface area contributed by atoms with E-state index in [1.807, 2.05) is 0 Å². The summed E-state index contributed by atoms with van der Waals surface area (Å²) in [6.07, 6.45) is 0. The third kappa shape index (κ3) is 4.26. The van der Waals surface area contributed by atoms with Crippen LogP contribution in [0.5, 0.6) is 5.75 Å². The van der Waals surface area contributed by atoms with E-state index >= 15 is 0 Å². The van der Waals surface area contributed by atoms with Crippen molar-refractivity contribution in [2.24, 2.45) is 0 Å². The highest BCUT2D eigenvalue weighted by molar-refractivity contribution is 7.88. The molecule has 0 spiro atoms. The first-order valence-electron chi connectivity index (χ1n) is 5.33. The molecule has 0 saturated carbocycles. The molecule has 1 rings (SSSR count). The van der Waals surface area contributed by atoms with Crippen molar-refractivity contribution in [1.29, 1.82) is 0 Å². The lowest BCUT2D eigenvalue weighted by Crippen LogP contribution is -2.32. The normalized spacial score (nSPS) is 12.8. The van der Waals surface area contributed by atoms with Gasteiger partial charge in [0.05, 0.1) is 11.6 Å². The zero-order chi connectivity index (χ0) is 14.6. The minimum atomic E-state index is -4.17. The Bertz CT molecular complexity index is 570. The highest BCUT2D eigenvalue weighted by Gasteiger charge is 2.31. The molecule has 0 saturated heterocycles. The van der Waals surface area contributed by atoms with Gasteiger partial charge in [-0.3, -0.25) is 4.79 Å². The number of rotatable bonds is 5. The quantitative estimate of drug-likeness (QED) is 0.614. The molecule has 0 bridgehead atoms. The molecule has 0 aliphatic heterocycles. The summed E-state index contributed by atoms with van der Waals surface area (Å²) in [6, 6.07) is 4.07. The van der Waals surface area contributed by atoms with Crippen LogP contribution in [0.4, 0.5) is 0 Å². The number of esters is 1. The first kappa shape index (κ1) is 16.1. The van der Waals surface area contributed by atoms with Gasteiger partial charge in [-0.15, -0.1) is 0 Å². The summed E-state index contributed by atoms with van der Waals surface area (Å²) in [7, 11) is -4.17. The molecule has 0 aliphatic rings. The average molecular weight is 327 g/mol. The summed E-state index contributed by atoms with van der Waals surface area (Å²) in [4.78, 5) is 11.4. The van der Waals surface area contributed by atoms with Crippen molar-refractivity contribution in [3.63, 3.8) is 0 Å². The van der Waals surface area contributed by atoms with Gasteiger partial charge < -0.3 is 8.92 Å². The van der Waals surface area contributed by atoms with E-state index in [0.717, 1.165) is 0 Å². The second kappa shape index (κ2) is 6.45. The molecule has 0 heterocycles. The zero-order valence-electron chi connectivity index (χ0n) is 10.2. The minimum absolute atomic E-state index is 0.0344. The number of ether oxygens (including phenoxy) is 1. The second-order valence-corrected chi connectivity index (χ2v) is 6.25. The lowest BCUT2D eigenvalue weighted by atomic mass is 10.3. The Morgan fingerprint density at radius 2 is 2.00 bits per heavy atom. The van der Waals surface area contributed by atoms with E-state index in [4.69, 9.17) is 27.4 Å². The van der Waals surface area contributed by atoms with Crippen LogP contribution in [0.15, 0.2) is 18.2 Å². The van der Waals surface area contributed by atoms with Gasteiger partial charge >= 0.3 is 16.1 Å². The summed E-state index contributed by atoms with van der Waals surface area (Å²) < 4.78 is 33.1. The van der Waals surface area contributed by atoms with E-state index < -0.39 is 21.3 Å². The third-order valence-electron chi connectivity index (χ3n) is 2.15. The molecule has 8 heteroatoms. The summed E-state index contributed by atoms with van der Waals surface area (Å²) in [5.74, 6) is -0.977. The summed E-state index contributed by atoms with van der Waals surface area (Å²) in [5.41, 5.74) is 0. The fourth-order valence-corrected chi connectivity index (χ4v) is 2.45. The van der Waals surface area contributed by atoms with Gasteiger partial charge in [0.25, 0.3) is 0 Å². The average Bonchev–Trinajstić information content (AvgIpc) is 2.32. The van der Waals surface area contributed by atoms with Gasteiger partial charge in [-0.1, -0.05) is 23.2 Å². The van der Waals surface area contributed by atoms with Gasteiger partial charge in [-0.25, -0.2) is 0 Å². The largest absolute Gasteiger partial charge is 0.465 e. The van der Waals surface area contributed by atoms with Gasteiger partial charge in [-0.2, -0.15) is 8.42 Å². The van der Waals surface area contributed by atoms with Crippen LogP contribution < -0.4 is 4.18 Å². The van der Waals surface area contributed by atoms with Gasteiger partial charge in [-0.05, 0) is 32.0 Å². The lowest BCUT2D eigenvalue weighted by Gasteiger charge is -2.13. The van der Waals surface area contributed by atoms with Gasteiger partial charge in [0, 0.05) is 5.02 Å². The number of halogens is 2. The Kier molecular flexibility index (Phi) is 5.46. The van der Waals surface area contributed by atoms with E-state index in [2.05, 4.69) is 4.74 Å². The van der Waals surface area contributed by atoms with Crippen LogP contribution in [-0.4, -0.2) is 26.2 Å². The Morgan fingerprint density at radius 1 is 1.37 bits per heavy atom. The van der Waals surface area contributed by atoms with Crippen LogP contribution >= 0.6 is 23.2 Å². The molecule has 0 amide bonds. The molecule has 106 valence electrons. The lowest BCUT2D eigenvalue weighted by molar-refractivity contribution is -0.142. The van der Waals surface area contributed by atoms with E-state index in [1.54, 1.807) is 6.92 Å². The van der Waals surface area contributed by atoms with Crippen LogP contribution in [0.1, 0.15) is 13.8 Å². The molecule has 0 fully saturated rings. The van der Waals surface area contributed by atoms with Crippen LogP contribution in [0, 0.1) is 0 Å². The van der Waals surface area contributed by atoms with Crippen LogP contribution in [0.25, 0.3) is 0 Å². The first-order chi connectivity index (χ1) is 8.77. The van der Waals surface area contributed by atoms with Crippen LogP contribution in [0.2, 0.25) is 10.0 Å². The van der Waals surface area contributed by atoms with E-state index in [-0.39, 0.29) is 17.4 Å². The predicted molar refractivity (Wildman–Crippen MR) is 72.1 cm³/mol. The van der Waals surface area contributed by atoms with E-state index in [0.29, 0.717) is 5.02 Å².